The first-order valence-corrected chi connectivity index (χ1v) is 19.5. The summed E-state index contributed by atoms with van der Waals surface area (Å²) in [5.41, 5.74) is -0.287. The third kappa shape index (κ3) is 13.3. The summed E-state index contributed by atoms with van der Waals surface area (Å²) in [5.74, 6) is -1.94. The van der Waals surface area contributed by atoms with Crippen LogP contribution in [0.15, 0.2) is 0 Å². The average molecular weight is 1200 g/mol. The van der Waals surface area contributed by atoms with Gasteiger partial charge in [0.15, 0.2) is 0 Å². The zero-order chi connectivity index (χ0) is 40.4. The van der Waals surface area contributed by atoms with Crippen molar-refractivity contribution >= 4 is 102 Å². The van der Waals surface area contributed by atoms with Crippen LogP contribution in [0, 0.1) is 14.3 Å². The zero-order valence-electron chi connectivity index (χ0n) is 27.0. The highest BCUT2D eigenvalue weighted by Crippen LogP contribution is 2.35. The lowest BCUT2D eigenvalue weighted by Gasteiger charge is -2.34. The molecule has 0 aliphatic rings. The molecule has 0 aliphatic carbocycles. The number of benzene rings is 1. The summed E-state index contributed by atoms with van der Waals surface area (Å²) in [6.45, 7) is -7.13. The van der Waals surface area contributed by atoms with Crippen molar-refractivity contribution < 1.29 is 91.3 Å². The van der Waals surface area contributed by atoms with Crippen LogP contribution in [0.1, 0.15) is 20.7 Å². The Bertz CT molecular complexity index is 1130. The van der Waals surface area contributed by atoms with E-state index in [0.29, 0.717) is 0 Å². The molecule has 0 aromatic heterocycles. The topological polar surface area (TPSA) is 364 Å². The van der Waals surface area contributed by atoms with Crippen LogP contribution in [0.25, 0.3) is 0 Å². The van der Waals surface area contributed by atoms with Crippen LogP contribution in [0.2, 0.25) is 0 Å². The number of nitrogens with zero attached hydrogens (tertiary/aromatic N) is 2. The van der Waals surface area contributed by atoms with Gasteiger partial charge in [0.25, 0.3) is 11.8 Å². The van der Waals surface area contributed by atoms with Crippen LogP contribution >= 0.6 is 90.4 Å². The molecule has 0 saturated heterocycles. The predicted molar refractivity (Wildman–Crippen MR) is 210 cm³/mol. The summed E-state index contributed by atoms with van der Waals surface area (Å²) in [6.07, 6.45) is -23.1. The molecule has 302 valence electrons. The highest BCUT2D eigenvalue weighted by atomic mass is 127. The van der Waals surface area contributed by atoms with Gasteiger partial charge in [0.2, 0.25) is 0 Å². The van der Waals surface area contributed by atoms with Crippen molar-refractivity contribution in [2.75, 3.05) is 52.6 Å². The van der Waals surface area contributed by atoms with E-state index in [1.54, 1.807) is 90.4 Å². The van der Waals surface area contributed by atoms with Crippen molar-refractivity contribution in [3.05, 3.63) is 25.4 Å². The second-order valence-electron chi connectivity index (χ2n) is 11.7. The molecule has 2 amide bonds. The van der Waals surface area contributed by atoms with Crippen LogP contribution < -0.4 is 0 Å². The monoisotopic (exact) mass is 1200 g/mol. The Morgan fingerprint density at radius 2 is 0.558 bits per heavy atom. The minimum Gasteiger partial charge on any atom is -0.394 e. The maximum Gasteiger partial charge on any atom is 0.256 e. The summed E-state index contributed by atoms with van der Waals surface area (Å²) < 4.78 is 0.295. The smallest absolute Gasteiger partial charge is 0.256 e. The van der Waals surface area contributed by atoms with Gasteiger partial charge in [-0.2, -0.15) is 0 Å². The number of aliphatic hydroxyl groups is 16. The van der Waals surface area contributed by atoms with Crippen molar-refractivity contribution in [1.82, 2.24) is 9.80 Å². The molecule has 0 heterocycles. The lowest BCUT2D eigenvalue weighted by atomic mass is 10.0. The van der Waals surface area contributed by atoms with Gasteiger partial charge in [-0.1, -0.05) is 0 Å². The molecule has 0 fully saturated rings. The molecular formula is C28H44I4N2O18. The Hall–Kier alpha value is 0.440. The standard InChI is InChI=1S/C28H44I4N2O18/c29-19-17(27(51)33(1-9(39)23(47)13(43)5-35)2-10(40)24(48)14(44)6-36)20(30)22(32)18(21(19)31)28(52)34(3-11(41)25(49)15(45)7-37)4-12(42)26(50)16(46)8-38/h9-16,23-26,35-50H,1-8H2. The molecule has 1 rings (SSSR count). The fraction of sp³-hybridized carbons (Fsp3) is 0.714. The predicted octanol–water partition coefficient (Wildman–Crippen LogP) is -6.71. The third-order valence-electron chi connectivity index (χ3n) is 7.80. The summed E-state index contributed by atoms with van der Waals surface area (Å²) in [4.78, 5) is 29.8. The van der Waals surface area contributed by atoms with Gasteiger partial charge in [-0.15, -0.1) is 0 Å². The Morgan fingerprint density at radius 1 is 0.385 bits per heavy atom. The maximum atomic E-state index is 14.1. The van der Waals surface area contributed by atoms with Gasteiger partial charge < -0.3 is 91.5 Å². The molecule has 0 radical (unpaired) electrons. The molecule has 1 aromatic carbocycles. The number of hydrogen-bond acceptors (Lipinski definition) is 18. The minimum absolute atomic E-state index is 0.0738. The zero-order valence-corrected chi connectivity index (χ0v) is 35.6. The molecule has 12 atom stereocenters. The number of carbonyl (C=O) groups excluding carboxylic acids is 2. The van der Waals surface area contributed by atoms with E-state index >= 15 is 0 Å². The number of halogens is 4. The van der Waals surface area contributed by atoms with Gasteiger partial charge in [-0.3, -0.25) is 9.59 Å². The number of rotatable bonds is 22. The molecule has 0 spiro atoms. The Morgan fingerprint density at radius 3 is 0.712 bits per heavy atom. The highest BCUT2D eigenvalue weighted by Gasteiger charge is 2.38. The molecule has 0 saturated carbocycles. The van der Waals surface area contributed by atoms with Gasteiger partial charge in [-0.25, -0.2) is 0 Å². The molecule has 12 unspecified atom stereocenters. The molecule has 0 bridgehead atoms. The quantitative estimate of drug-likeness (QED) is 0.0379. The molecular weight excluding hydrogens is 1160 g/mol. The van der Waals surface area contributed by atoms with Gasteiger partial charge in [0.05, 0.1) is 37.6 Å². The van der Waals surface area contributed by atoms with Crippen molar-refractivity contribution in [2.45, 2.75) is 73.2 Å². The molecule has 24 heteroatoms. The first-order valence-electron chi connectivity index (χ1n) is 15.2. The number of amides is 2. The molecule has 16 N–H and O–H groups in total. The van der Waals surface area contributed by atoms with E-state index in [2.05, 4.69) is 0 Å². The Kier molecular flexibility index (Phi) is 22.9. The number of carbonyl (C=O) groups is 2. The molecule has 52 heavy (non-hydrogen) atoms. The van der Waals surface area contributed by atoms with Crippen LogP contribution in [0.3, 0.4) is 0 Å². The average Bonchev–Trinajstić information content (AvgIpc) is 3.13. The van der Waals surface area contributed by atoms with Crippen molar-refractivity contribution in [3.8, 4) is 0 Å². The Balaban J connectivity index is 3.79. The number of hydrogen-bond donors (Lipinski definition) is 16. The van der Waals surface area contributed by atoms with E-state index in [1.807, 2.05) is 0 Å². The lowest BCUT2D eigenvalue weighted by molar-refractivity contribution is -0.0960. The van der Waals surface area contributed by atoms with Gasteiger partial charge in [0.1, 0.15) is 73.2 Å². The van der Waals surface area contributed by atoms with Crippen LogP contribution in [-0.2, 0) is 0 Å². The van der Waals surface area contributed by atoms with E-state index < -0.39 is 138 Å². The largest absolute Gasteiger partial charge is 0.394 e. The molecule has 0 aliphatic heterocycles. The fourth-order valence-corrected chi connectivity index (χ4v) is 8.71. The SMILES string of the molecule is O=C(c1c(I)c(I)c(C(=O)N(CC(O)C(O)C(O)CO)CC(O)C(O)C(O)CO)c(I)c1I)N(CC(O)C(O)C(O)CO)CC(O)C(O)C(O)CO. The fourth-order valence-electron chi connectivity index (χ4n) is 4.60. The van der Waals surface area contributed by atoms with Crippen molar-refractivity contribution in [2.24, 2.45) is 0 Å². The summed E-state index contributed by atoms with van der Waals surface area (Å²) in [7, 11) is 0. The second kappa shape index (κ2) is 23.6. The first-order chi connectivity index (χ1) is 24.1. The third-order valence-corrected chi connectivity index (χ3v) is 14.2. The molecule has 20 nitrogen and oxygen atoms in total. The van der Waals surface area contributed by atoms with E-state index in [1.165, 1.54) is 0 Å². The van der Waals surface area contributed by atoms with Crippen molar-refractivity contribution in [3.63, 3.8) is 0 Å². The van der Waals surface area contributed by atoms with Crippen molar-refractivity contribution in [1.29, 1.82) is 0 Å². The van der Waals surface area contributed by atoms with Gasteiger partial charge in [-0.05, 0) is 90.4 Å². The summed E-state index contributed by atoms with van der Waals surface area (Å²) >= 11 is 6.80. The summed E-state index contributed by atoms with van der Waals surface area (Å²) in [6, 6.07) is 0. The van der Waals surface area contributed by atoms with E-state index in [0.717, 1.165) is 9.80 Å². The van der Waals surface area contributed by atoms with E-state index in [9.17, 15) is 91.3 Å². The van der Waals surface area contributed by atoms with Crippen LogP contribution in [-0.4, -0.2) is 229 Å². The first kappa shape index (κ1) is 50.5. The van der Waals surface area contributed by atoms with Gasteiger partial charge in [0, 0.05) is 40.5 Å². The van der Waals surface area contributed by atoms with Crippen LogP contribution in [0.4, 0.5) is 0 Å². The van der Waals surface area contributed by atoms with E-state index in [-0.39, 0.29) is 25.4 Å². The van der Waals surface area contributed by atoms with E-state index in [4.69, 9.17) is 0 Å². The maximum absolute atomic E-state index is 14.1. The van der Waals surface area contributed by atoms with Crippen LogP contribution in [0.5, 0.6) is 0 Å². The Labute approximate surface area is 351 Å². The summed E-state index contributed by atoms with van der Waals surface area (Å²) in [5, 5.41) is 159. The highest BCUT2D eigenvalue weighted by molar-refractivity contribution is 14.1. The second-order valence-corrected chi connectivity index (χ2v) is 16.0. The molecule has 1 aromatic rings. The minimum atomic E-state index is -1.99. The lowest BCUT2D eigenvalue weighted by Crippen LogP contribution is -2.52. The normalized spacial score (nSPS) is 19.0. The number of aliphatic hydroxyl groups excluding tert-OH is 16. The van der Waals surface area contributed by atoms with Gasteiger partial charge >= 0.3 is 0 Å².